The maximum absolute atomic E-state index is 12.7. The molecule has 6 rings (SSSR count). The first-order valence-electron chi connectivity index (χ1n) is 13.0. The molecule has 5 heteroatoms. The Kier molecular flexibility index (Phi) is 4.98. The van der Waals surface area contributed by atoms with E-state index in [9.17, 15) is 9.59 Å². The van der Waals surface area contributed by atoms with Crippen LogP contribution in [-0.2, 0) is 9.53 Å². The molecule has 4 unspecified atom stereocenters. The summed E-state index contributed by atoms with van der Waals surface area (Å²) in [5.41, 5.74) is 5.50. The molecule has 1 aromatic rings. The van der Waals surface area contributed by atoms with Gasteiger partial charge in [-0.25, -0.2) is 4.79 Å². The van der Waals surface area contributed by atoms with E-state index in [0.29, 0.717) is 17.8 Å². The number of ether oxygens (including phenoxy) is 1. The largest absolute Gasteiger partial charge is 0.462 e. The number of benzene rings is 1. The molecule has 0 bridgehead atoms. The molecular weight excluding hydrogens is 424 g/mol. The van der Waals surface area contributed by atoms with Crippen LogP contribution in [0.15, 0.2) is 53.3 Å². The third kappa shape index (κ3) is 3.19. The SMILES string of the molecule is CC(=O)O[C@H]1CC[C@@]2(C)C(=CCC3C2CC[C@]2(C)C4=C(CC32)C(c2ccccc2)NC(=O)N4)C1. The normalized spacial score (nSPS) is 40.6. The molecule has 1 aromatic carbocycles. The maximum Gasteiger partial charge on any atom is 0.319 e. The summed E-state index contributed by atoms with van der Waals surface area (Å²) >= 11 is 0. The van der Waals surface area contributed by atoms with Gasteiger partial charge >= 0.3 is 12.0 Å². The van der Waals surface area contributed by atoms with Crippen LogP contribution >= 0.6 is 0 Å². The van der Waals surface area contributed by atoms with E-state index in [1.54, 1.807) is 0 Å². The number of esters is 1. The number of hydrogen-bond acceptors (Lipinski definition) is 3. The van der Waals surface area contributed by atoms with Gasteiger partial charge in [-0.05, 0) is 72.8 Å². The van der Waals surface area contributed by atoms with Crippen molar-refractivity contribution in [3.63, 3.8) is 0 Å². The van der Waals surface area contributed by atoms with E-state index in [4.69, 9.17) is 4.74 Å². The second-order valence-corrected chi connectivity index (χ2v) is 11.7. The fourth-order valence-corrected chi connectivity index (χ4v) is 8.46. The molecule has 5 nitrogen and oxygen atoms in total. The van der Waals surface area contributed by atoms with Gasteiger partial charge in [0.2, 0.25) is 0 Å². The van der Waals surface area contributed by atoms with Crippen LogP contribution in [0.25, 0.3) is 0 Å². The lowest BCUT2D eigenvalue weighted by Gasteiger charge is -2.57. The van der Waals surface area contributed by atoms with E-state index in [1.165, 1.54) is 35.8 Å². The first-order chi connectivity index (χ1) is 16.3. The topological polar surface area (TPSA) is 67.4 Å². The summed E-state index contributed by atoms with van der Waals surface area (Å²) in [4.78, 5) is 24.3. The summed E-state index contributed by atoms with van der Waals surface area (Å²) in [6.45, 7) is 6.40. The van der Waals surface area contributed by atoms with Gasteiger partial charge < -0.3 is 15.4 Å². The average molecular weight is 461 g/mol. The molecule has 7 atom stereocenters. The number of allylic oxidation sites excluding steroid dienone is 2. The number of carbonyl (C=O) groups excluding carboxylic acids is 2. The number of urea groups is 1. The van der Waals surface area contributed by atoms with Gasteiger partial charge in [0.25, 0.3) is 0 Å². The summed E-state index contributed by atoms with van der Waals surface area (Å²) in [6.07, 6.45) is 9.95. The minimum atomic E-state index is -0.164. The third-order valence-corrected chi connectivity index (χ3v) is 10.1. The Hall–Kier alpha value is -2.56. The van der Waals surface area contributed by atoms with Crippen molar-refractivity contribution in [2.24, 2.45) is 28.6 Å². The highest BCUT2D eigenvalue weighted by Crippen LogP contribution is 2.66. The summed E-state index contributed by atoms with van der Waals surface area (Å²) in [7, 11) is 0. The van der Waals surface area contributed by atoms with E-state index >= 15 is 0 Å². The fourth-order valence-electron chi connectivity index (χ4n) is 8.46. The number of amides is 2. The van der Waals surface area contributed by atoms with Crippen molar-refractivity contribution < 1.29 is 14.3 Å². The second kappa shape index (κ2) is 7.73. The summed E-state index contributed by atoms with van der Waals surface area (Å²) < 4.78 is 5.60. The Morgan fingerprint density at radius 1 is 1.03 bits per heavy atom. The minimum absolute atomic E-state index is 0.0257. The third-order valence-electron chi connectivity index (χ3n) is 10.1. The zero-order valence-corrected chi connectivity index (χ0v) is 20.5. The zero-order valence-electron chi connectivity index (χ0n) is 20.5. The highest BCUT2D eigenvalue weighted by atomic mass is 16.5. The molecule has 5 aliphatic rings. The van der Waals surface area contributed by atoms with Crippen LogP contribution in [0, 0.1) is 28.6 Å². The molecule has 180 valence electrons. The number of fused-ring (bicyclic) bond motifs is 6. The number of nitrogens with one attached hydrogen (secondary N) is 2. The molecule has 1 heterocycles. The van der Waals surface area contributed by atoms with Gasteiger partial charge in [-0.1, -0.05) is 55.8 Å². The monoisotopic (exact) mass is 460 g/mol. The Morgan fingerprint density at radius 3 is 2.56 bits per heavy atom. The van der Waals surface area contributed by atoms with E-state index in [0.717, 1.165) is 38.5 Å². The molecule has 0 spiro atoms. The van der Waals surface area contributed by atoms with Crippen LogP contribution in [0.4, 0.5) is 4.79 Å². The van der Waals surface area contributed by atoms with Gasteiger partial charge in [-0.3, -0.25) is 4.79 Å². The molecular formula is C29H36N2O3. The number of rotatable bonds is 2. The molecule has 0 aromatic heterocycles. The van der Waals surface area contributed by atoms with Gasteiger partial charge in [0.1, 0.15) is 6.10 Å². The second-order valence-electron chi connectivity index (χ2n) is 11.7. The lowest BCUT2D eigenvalue weighted by Crippen LogP contribution is -2.52. The molecule has 2 N–H and O–H groups in total. The van der Waals surface area contributed by atoms with Gasteiger partial charge in [0.05, 0.1) is 6.04 Å². The van der Waals surface area contributed by atoms with Crippen LogP contribution in [0.2, 0.25) is 0 Å². The maximum atomic E-state index is 12.7. The molecule has 0 radical (unpaired) electrons. The van der Waals surface area contributed by atoms with Crippen molar-refractivity contribution in [3.8, 4) is 0 Å². The fraction of sp³-hybridized carbons (Fsp3) is 0.586. The first kappa shape index (κ1) is 21.9. The molecule has 4 aliphatic carbocycles. The summed E-state index contributed by atoms with van der Waals surface area (Å²) in [5, 5.41) is 6.48. The first-order valence-corrected chi connectivity index (χ1v) is 13.0. The van der Waals surface area contributed by atoms with Gasteiger partial charge in [0.15, 0.2) is 0 Å². The number of carbonyl (C=O) groups is 2. The highest BCUT2D eigenvalue weighted by molar-refractivity contribution is 5.80. The van der Waals surface area contributed by atoms with Crippen LogP contribution in [0.3, 0.4) is 0 Å². The summed E-state index contributed by atoms with van der Waals surface area (Å²) in [6, 6.07) is 10.3. The predicted molar refractivity (Wildman–Crippen MR) is 131 cm³/mol. The van der Waals surface area contributed by atoms with Gasteiger partial charge in [0, 0.05) is 24.5 Å². The standard InChI is InChI=1S/C29H36N2O3/c1-17(32)34-20-11-13-28(2)19(15-20)9-10-21-23(28)12-14-29(3)24(21)16-22-25(18-7-5-4-6-8-18)30-27(33)31-26(22)29/h4-9,20-21,23-25H,10-16H2,1-3H3,(H2,30,31,33)/t20-,21?,23?,24?,25?,28-,29-/m0/s1. The zero-order chi connectivity index (χ0) is 23.7. The minimum Gasteiger partial charge on any atom is -0.462 e. The van der Waals surface area contributed by atoms with Gasteiger partial charge in [-0.15, -0.1) is 0 Å². The van der Waals surface area contributed by atoms with Crippen molar-refractivity contribution >= 4 is 12.0 Å². The Bertz CT molecular complexity index is 1090. The molecule has 34 heavy (non-hydrogen) atoms. The van der Waals surface area contributed by atoms with E-state index in [1.807, 2.05) is 6.07 Å². The van der Waals surface area contributed by atoms with Gasteiger partial charge in [-0.2, -0.15) is 0 Å². The van der Waals surface area contributed by atoms with Crippen LogP contribution in [-0.4, -0.2) is 18.1 Å². The summed E-state index contributed by atoms with van der Waals surface area (Å²) in [5.74, 6) is 1.66. The Balaban J connectivity index is 1.31. The van der Waals surface area contributed by atoms with E-state index in [2.05, 4.69) is 54.8 Å². The molecule has 0 saturated heterocycles. The van der Waals surface area contributed by atoms with Crippen molar-refractivity contribution in [3.05, 3.63) is 58.8 Å². The number of hydrogen-bond donors (Lipinski definition) is 2. The molecule has 2 fully saturated rings. The van der Waals surface area contributed by atoms with Crippen LogP contribution in [0.1, 0.15) is 77.3 Å². The van der Waals surface area contributed by atoms with Crippen molar-refractivity contribution in [2.75, 3.05) is 0 Å². The average Bonchev–Trinajstić information content (AvgIpc) is 3.11. The molecule has 2 saturated carbocycles. The lowest BCUT2D eigenvalue weighted by atomic mass is 9.48. The quantitative estimate of drug-likeness (QED) is 0.433. The molecule has 2 amide bonds. The highest BCUT2D eigenvalue weighted by Gasteiger charge is 2.59. The Labute approximate surface area is 202 Å². The lowest BCUT2D eigenvalue weighted by molar-refractivity contribution is -0.148. The van der Waals surface area contributed by atoms with Crippen LogP contribution in [0.5, 0.6) is 0 Å². The Morgan fingerprint density at radius 2 is 1.79 bits per heavy atom. The van der Waals surface area contributed by atoms with Crippen LogP contribution < -0.4 is 10.6 Å². The van der Waals surface area contributed by atoms with E-state index < -0.39 is 0 Å². The van der Waals surface area contributed by atoms with Crippen molar-refractivity contribution in [2.45, 2.75) is 77.9 Å². The predicted octanol–water partition coefficient (Wildman–Crippen LogP) is 5.80. The smallest absolute Gasteiger partial charge is 0.319 e. The van der Waals surface area contributed by atoms with Crippen molar-refractivity contribution in [1.29, 1.82) is 0 Å². The van der Waals surface area contributed by atoms with E-state index in [-0.39, 0.29) is 35.0 Å². The van der Waals surface area contributed by atoms with Crippen molar-refractivity contribution in [1.82, 2.24) is 10.6 Å². The molecule has 1 aliphatic heterocycles.